The van der Waals surface area contributed by atoms with E-state index < -0.39 is 0 Å². The fourth-order valence-electron chi connectivity index (χ4n) is 1.97. The Kier molecular flexibility index (Phi) is 4.36. The van der Waals surface area contributed by atoms with Crippen LogP contribution in [0.5, 0.6) is 0 Å². The van der Waals surface area contributed by atoms with Crippen LogP contribution in [0.2, 0.25) is 0 Å². The van der Waals surface area contributed by atoms with Gasteiger partial charge in [0.25, 0.3) is 0 Å². The van der Waals surface area contributed by atoms with E-state index in [1.54, 1.807) is 6.26 Å². The first-order chi connectivity index (χ1) is 9.34. The third-order valence-electron chi connectivity index (χ3n) is 3.01. The summed E-state index contributed by atoms with van der Waals surface area (Å²) in [4.78, 5) is 9.42. The molecular weight excluding hydrogens is 365 g/mol. The molecule has 2 heterocycles. The summed E-state index contributed by atoms with van der Waals surface area (Å²) in [5.74, 6) is 2.45. The van der Waals surface area contributed by atoms with Gasteiger partial charge < -0.3 is 9.73 Å². The Bertz CT molecular complexity index is 614. The van der Waals surface area contributed by atoms with Crippen LogP contribution in [0.15, 0.2) is 16.7 Å². The quantitative estimate of drug-likeness (QED) is 0.797. The van der Waals surface area contributed by atoms with E-state index in [2.05, 4.69) is 60.6 Å². The number of anilines is 1. The average molecular weight is 385 g/mol. The molecule has 108 valence electrons. The van der Waals surface area contributed by atoms with E-state index in [0.29, 0.717) is 0 Å². The number of hydrogen-bond acceptors (Lipinski definition) is 4. The van der Waals surface area contributed by atoms with Crippen LogP contribution >= 0.6 is 22.6 Å². The molecule has 2 aromatic heterocycles. The van der Waals surface area contributed by atoms with Crippen LogP contribution in [-0.2, 0) is 5.41 Å². The highest BCUT2D eigenvalue weighted by atomic mass is 127. The molecule has 1 N–H and O–H groups in total. The van der Waals surface area contributed by atoms with Gasteiger partial charge in [-0.15, -0.1) is 0 Å². The van der Waals surface area contributed by atoms with E-state index >= 15 is 0 Å². The van der Waals surface area contributed by atoms with Gasteiger partial charge in [-0.25, -0.2) is 9.97 Å². The number of nitrogens with one attached hydrogen (secondary N) is 1. The fraction of sp³-hybridized carbons (Fsp3) is 0.467. The van der Waals surface area contributed by atoms with Crippen LogP contribution in [0.3, 0.4) is 0 Å². The average Bonchev–Trinajstić information content (AvgIpc) is 2.77. The maximum atomic E-state index is 5.37. The first-order valence-electron chi connectivity index (χ1n) is 6.71. The lowest BCUT2D eigenvalue weighted by Gasteiger charge is -2.22. The maximum Gasteiger partial charge on any atom is 0.165 e. The van der Waals surface area contributed by atoms with Crippen LogP contribution in [0.25, 0.3) is 11.4 Å². The predicted octanol–water partition coefficient (Wildman–Crippen LogP) is 4.38. The lowest BCUT2D eigenvalue weighted by Crippen LogP contribution is -2.19. The summed E-state index contributed by atoms with van der Waals surface area (Å²) in [6.45, 7) is 11.3. The van der Waals surface area contributed by atoms with E-state index in [0.717, 1.165) is 38.8 Å². The molecule has 0 aliphatic heterocycles. The van der Waals surface area contributed by atoms with Gasteiger partial charge in [-0.05, 0) is 42.5 Å². The van der Waals surface area contributed by atoms with E-state index in [1.165, 1.54) is 0 Å². The van der Waals surface area contributed by atoms with Crippen molar-refractivity contribution in [2.75, 3.05) is 11.9 Å². The van der Waals surface area contributed by atoms with E-state index in [1.807, 2.05) is 13.0 Å². The summed E-state index contributed by atoms with van der Waals surface area (Å²) in [5.41, 5.74) is 1.97. The molecule has 0 atom stereocenters. The van der Waals surface area contributed by atoms with Crippen molar-refractivity contribution in [3.63, 3.8) is 0 Å². The molecule has 5 heteroatoms. The number of aryl methyl sites for hydroxylation is 1. The molecule has 0 unspecified atom stereocenters. The second-order valence-electron chi connectivity index (χ2n) is 5.73. The monoisotopic (exact) mass is 385 g/mol. The van der Waals surface area contributed by atoms with Crippen molar-refractivity contribution < 1.29 is 4.42 Å². The van der Waals surface area contributed by atoms with Crippen LogP contribution in [0, 0.1) is 10.5 Å². The molecule has 20 heavy (non-hydrogen) atoms. The molecule has 4 nitrogen and oxygen atoms in total. The Morgan fingerprint density at radius 2 is 2.00 bits per heavy atom. The van der Waals surface area contributed by atoms with E-state index in [9.17, 15) is 0 Å². The molecule has 0 saturated carbocycles. The summed E-state index contributed by atoms with van der Waals surface area (Å²) in [6, 6.07) is 1.92. The second-order valence-corrected chi connectivity index (χ2v) is 6.81. The lowest BCUT2D eigenvalue weighted by molar-refractivity contribution is 0.534. The first-order valence-corrected chi connectivity index (χ1v) is 7.78. The molecule has 2 aromatic rings. The number of hydrogen-bond donors (Lipinski definition) is 1. The molecule has 0 fully saturated rings. The van der Waals surface area contributed by atoms with E-state index in [-0.39, 0.29) is 5.41 Å². The largest absolute Gasteiger partial charge is 0.469 e. The van der Waals surface area contributed by atoms with Crippen LogP contribution < -0.4 is 5.32 Å². The summed E-state index contributed by atoms with van der Waals surface area (Å²) in [7, 11) is 0. The van der Waals surface area contributed by atoms with Gasteiger partial charge in [0, 0.05) is 12.0 Å². The third-order valence-corrected chi connectivity index (χ3v) is 4.03. The molecule has 0 bridgehead atoms. The maximum absolute atomic E-state index is 5.37. The number of furan rings is 1. The number of rotatable bonds is 3. The molecular formula is C15H20IN3O. The Balaban J connectivity index is 2.65. The summed E-state index contributed by atoms with van der Waals surface area (Å²) >= 11 is 2.32. The molecule has 0 aromatic carbocycles. The zero-order valence-electron chi connectivity index (χ0n) is 12.5. The lowest BCUT2D eigenvalue weighted by atomic mass is 9.91. The summed E-state index contributed by atoms with van der Waals surface area (Å²) < 4.78 is 6.46. The highest BCUT2D eigenvalue weighted by molar-refractivity contribution is 14.1. The van der Waals surface area contributed by atoms with Crippen molar-refractivity contribution in [2.45, 2.75) is 40.0 Å². The Hall–Kier alpha value is -1.11. The molecule has 0 aliphatic carbocycles. The van der Waals surface area contributed by atoms with Crippen molar-refractivity contribution in [3.05, 3.63) is 27.4 Å². The zero-order valence-corrected chi connectivity index (χ0v) is 14.7. The van der Waals surface area contributed by atoms with Crippen molar-refractivity contribution in [2.24, 2.45) is 0 Å². The summed E-state index contributed by atoms with van der Waals surface area (Å²) in [5, 5.41) is 3.32. The highest BCUT2D eigenvalue weighted by Gasteiger charge is 2.24. The molecule has 0 radical (unpaired) electrons. The van der Waals surface area contributed by atoms with Gasteiger partial charge in [-0.2, -0.15) is 0 Å². The zero-order chi connectivity index (χ0) is 14.9. The van der Waals surface area contributed by atoms with E-state index in [4.69, 9.17) is 9.40 Å². The number of halogens is 1. The van der Waals surface area contributed by atoms with Gasteiger partial charge in [-0.1, -0.05) is 20.8 Å². The molecule has 0 saturated heterocycles. The smallest absolute Gasteiger partial charge is 0.165 e. The molecule has 0 amide bonds. The SMILES string of the molecule is CCNc1nc(-c2ccoc2C)nc(C(C)(C)C)c1I. The van der Waals surface area contributed by atoms with Crippen molar-refractivity contribution in [1.29, 1.82) is 0 Å². The minimum atomic E-state index is -0.0317. The van der Waals surface area contributed by atoms with Crippen LogP contribution in [-0.4, -0.2) is 16.5 Å². The van der Waals surface area contributed by atoms with Gasteiger partial charge in [0.15, 0.2) is 5.82 Å². The normalized spacial score (nSPS) is 11.7. The minimum Gasteiger partial charge on any atom is -0.469 e. The van der Waals surface area contributed by atoms with Crippen molar-refractivity contribution in [1.82, 2.24) is 9.97 Å². The van der Waals surface area contributed by atoms with Crippen LogP contribution in [0.4, 0.5) is 5.82 Å². The topological polar surface area (TPSA) is 51.0 Å². The number of nitrogens with zero attached hydrogens (tertiary/aromatic N) is 2. The standard InChI is InChI=1S/C15H20IN3O/c1-6-17-14-11(16)12(15(3,4)5)18-13(19-14)10-7-8-20-9(10)2/h7-8H,6H2,1-5H3,(H,17,18,19). The van der Waals surface area contributed by atoms with Crippen molar-refractivity contribution >= 4 is 28.4 Å². The Labute approximate surface area is 133 Å². The first kappa shape index (κ1) is 15.3. The van der Waals surface area contributed by atoms with Crippen LogP contribution in [0.1, 0.15) is 39.1 Å². The Morgan fingerprint density at radius 3 is 2.50 bits per heavy atom. The second kappa shape index (κ2) is 5.71. The Morgan fingerprint density at radius 1 is 1.30 bits per heavy atom. The molecule has 0 spiro atoms. The minimum absolute atomic E-state index is 0.0317. The highest BCUT2D eigenvalue weighted by Crippen LogP contribution is 2.32. The fourth-order valence-corrected chi connectivity index (χ4v) is 3.21. The van der Waals surface area contributed by atoms with Gasteiger partial charge in [-0.3, -0.25) is 0 Å². The molecule has 0 aliphatic rings. The van der Waals surface area contributed by atoms with Gasteiger partial charge >= 0.3 is 0 Å². The molecule has 2 rings (SSSR count). The van der Waals surface area contributed by atoms with Gasteiger partial charge in [0.2, 0.25) is 0 Å². The third kappa shape index (κ3) is 2.97. The van der Waals surface area contributed by atoms with Crippen molar-refractivity contribution in [3.8, 4) is 11.4 Å². The number of aromatic nitrogens is 2. The predicted molar refractivity (Wildman–Crippen MR) is 90.1 cm³/mol. The van der Waals surface area contributed by atoms with Gasteiger partial charge in [0.1, 0.15) is 11.6 Å². The van der Waals surface area contributed by atoms with Gasteiger partial charge in [0.05, 0.1) is 21.1 Å². The summed E-state index contributed by atoms with van der Waals surface area (Å²) in [6.07, 6.45) is 1.68.